The molecule has 2 unspecified atom stereocenters. The van der Waals surface area contributed by atoms with Crippen LogP contribution in [0.15, 0.2) is 18.2 Å². The summed E-state index contributed by atoms with van der Waals surface area (Å²) in [7, 11) is 1.67. The highest BCUT2D eigenvalue weighted by Gasteiger charge is 2.24. The Bertz CT molecular complexity index is 378. The van der Waals surface area contributed by atoms with Crippen molar-refractivity contribution < 1.29 is 4.74 Å². The molecule has 0 aromatic heterocycles. The Kier molecular flexibility index (Phi) is 4.26. The molecule has 1 aromatic rings. The maximum Gasteiger partial charge on any atom is 0.123 e. The van der Waals surface area contributed by atoms with Gasteiger partial charge in [0.25, 0.3) is 0 Å². The van der Waals surface area contributed by atoms with Gasteiger partial charge in [-0.1, -0.05) is 11.6 Å². The highest BCUT2D eigenvalue weighted by molar-refractivity contribution is 6.30. The van der Waals surface area contributed by atoms with Crippen molar-refractivity contribution in [3.63, 3.8) is 0 Å². The van der Waals surface area contributed by atoms with Gasteiger partial charge in [-0.2, -0.15) is 0 Å². The summed E-state index contributed by atoms with van der Waals surface area (Å²) in [6.45, 7) is 2.06. The van der Waals surface area contributed by atoms with Crippen LogP contribution in [0.1, 0.15) is 24.4 Å². The van der Waals surface area contributed by atoms with Crippen LogP contribution in [-0.2, 0) is 0 Å². The van der Waals surface area contributed by atoms with Gasteiger partial charge in [-0.3, -0.25) is 0 Å². The van der Waals surface area contributed by atoms with Crippen LogP contribution in [0.2, 0.25) is 5.02 Å². The van der Waals surface area contributed by atoms with Crippen LogP contribution < -0.4 is 15.8 Å². The van der Waals surface area contributed by atoms with E-state index in [0.717, 1.165) is 30.8 Å². The quantitative estimate of drug-likeness (QED) is 0.871. The second-order valence-corrected chi connectivity index (χ2v) is 4.95. The lowest BCUT2D eigenvalue weighted by Crippen LogP contribution is -2.36. The number of ether oxygens (including phenoxy) is 1. The number of rotatable bonds is 3. The molecule has 1 aliphatic heterocycles. The van der Waals surface area contributed by atoms with Crippen molar-refractivity contribution in [2.45, 2.75) is 18.9 Å². The summed E-state index contributed by atoms with van der Waals surface area (Å²) < 4.78 is 5.35. The highest BCUT2D eigenvalue weighted by Crippen LogP contribution is 2.33. The van der Waals surface area contributed by atoms with Gasteiger partial charge in [0.15, 0.2) is 0 Å². The third-order valence-electron chi connectivity index (χ3n) is 3.39. The number of nitrogens with one attached hydrogen (secondary N) is 1. The maximum absolute atomic E-state index is 6.34. The number of piperidine rings is 1. The Hall–Kier alpha value is -0.770. The predicted molar refractivity (Wildman–Crippen MR) is 70.5 cm³/mol. The van der Waals surface area contributed by atoms with Gasteiger partial charge in [-0.05, 0) is 50.0 Å². The second-order valence-electron chi connectivity index (χ2n) is 4.52. The zero-order valence-corrected chi connectivity index (χ0v) is 10.8. The minimum absolute atomic E-state index is 0.0172. The summed E-state index contributed by atoms with van der Waals surface area (Å²) >= 11 is 6.03. The molecule has 1 aromatic carbocycles. The topological polar surface area (TPSA) is 47.3 Å². The Morgan fingerprint density at radius 2 is 2.35 bits per heavy atom. The molecule has 0 aliphatic carbocycles. The second kappa shape index (κ2) is 5.71. The van der Waals surface area contributed by atoms with Gasteiger partial charge in [0.05, 0.1) is 7.11 Å². The fourth-order valence-corrected chi connectivity index (χ4v) is 2.59. The molecule has 1 heterocycles. The van der Waals surface area contributed by atoms with Gasteiger partial charge in [-0.15, -0.1) is 0 Å². The lowest BCUT2D eigenvalue weighted by molar-refractivity contribution is 0.317. The van der Waals surface area contributed by atoms with Crippen molar-refractivity contribution in [1.29, 1.82) is 0 Å². The van der Waals surface area contributed by atoms with Crippen LogP contribution in [0.25, 0.3) is 0 Å². The summed E-state index contributed by atoms with van der Waals surface area (Å²) in [6.07, 6.45) is 2.34. The smallest absolute Gasteiger partial charge is 0.123 e. The van der Waals surface area contributed by atoms with Gasteiger partial charge in [0.1, 0.15) is 5.75 Å². The Labute approximate surface area is 107 Å². The van der Waals surface area contributed by atoms with Gasteiger partial charge in [0, 0.05) is 16.6 Å². The molecule has 4 heteroatoms. The molecule has 0 amide bonds. The summed E-state index contributed by atoms with van der Waals surface area (Å²) in [4.78, 5) is 0. The van der Waals surface area contributed by atoms with E-state index in [-0.39, 0.29) is 6.04 Å². The molecule has 2 rings (SSSR count). The van der Waals surface area contributed by atoms with Crippen molar-refractivity contribution in [2.75, 3.05) is 20.2 Å². The van der Waals surface area contributed by atoms with Crippen LogP contribution in [0.5, 0.6) is 5.75 Å². The fraction of sp³-hybridized carbons (Fsp3) is 0.538. The largest absolute Gasteiger partial charge is 0.496 e. The summed E-state index contributed by atoms with van der Waals surface area (Å²) in [5.41, 5.74) is 7.34. The average molecular weight is 255 g/mol. The molecule has 0 saturated carbocycles. The maximum atomic E-state index is 6.34. The lowest BCUT2D eigenvalue weighted by Gasteiger charge is -2.29. The van der Waals surface area contributed by atoms with Crippen LogP contribution in [-0.4, -0.2) is 20.2 Å². The standard InChI is InChI=1S/C13H19ClN2O/c1-17-12-5-4-10(14)7-11(12)13(15)9-3-2-6-16-8-9/h4-5,7,9,13,16H,2-3,6,8,15H2,1H3. The zero-order valence-electron chi connectivity index (χ0n) is 10.1. The van der Waals surface area contributed by atoms with Crippen LogP contribution in [0.4, 0.5) is 0 Å². The van der Waals surface area contributed by atoms with E-state index in [9.17, 15) is 0 Å². The van der Waals surface area contributed by atoms with Gasteiger partial charge in [0.2, 0.25) is 0 Å². The van der Waals surface area contributed by atoms with E-state index >= 15 is 0 Å². The number of hydrogen-bond donors (Lipinski definition) is 2. The Morgan fingerprint density at radius 3 is 3.00 bits per heavy atom. The van der Waals surface area contributed by atoms with E-state index < -0.39 is 0 Å². The summed E-state index contributed by atoms with van der Waals surface area (Å²) in [5, 5.41) is 4.09. The zero-order chi connectivity index (χ0) is 12.3. The van der Waals surface area contributed by atoms with Crippen LogP contribution in [0.3, 0.4) is 0 Å². The third kappa shape index (κ3) is 2.92. The minimum Gasteiger partial charge on any atom is -0.496 e. The normalized spacial score (nSPS) is 22.2. The summed E-state index contributed by atoms with van der Waals surface area (Å²) in [5.74, 6) is 1.28. The molecule has 3 nitrogen and oxygen atoms in total. The van der Waals surface area contributed by atoms with Crippen LogP contribution in [0, 0.1) is 5.92 Å². The predicted octanol–water partition coefficient (Wildman–Crippen LogP) is 2.35. The van der Waals surface area contributed by atoms with Gasteiger partial charge in [-0.25, -0.2) is 0 Å². The van der Waals surface area contributed by atoms with Crippen molar-refractivity contribution in [3.05, 3.63) is 28.8 Å². The first-order valence-corrected chi connectivity index (χ1v) is 6.40. The average Bonchev–Trinajstić information content (AvgIpc) is 2.39. The third-order valence-corrected chi connectivity index (χ3v) is 3.63. The molecule has 0 radical (unpaired) electrons. The van der Waals surface area contributed by atoms with Crippen molar-refractivity contribution >= 4 is 11.6 Å². The van der Waals surface area contributed by atoms with Crippen LogP contribution >= 0.6 is 11.6 Å². The molecule has 1 fully saturated rings. The molecule has 3 N–H and O–H groups in total. The highest BCUT2D eigenvalue weighted by atomic mass is 35.5. The molecule has 2 atom stereocenters. The molecule has 17 heavy (non-hydrogen) atoms. The molecule has 1 aliphatic rings. The number of hydrogen-bond acceptors (Lipinski definition) is 3. The molecular formula is C13H19ClN2O. The van der Waals surface area contributed by atoms with Crippen molar-refractivity contribution in [2.24, 2.45) is 11.7 Å². The molecular weight excluding hydrogens is 236 g/mol. The number of nitrogens with two attached hydrogens (primary N) is 1. The van der Waals surface area contributed by atoms with Crippen molar-refractivity contribution in [3.8, 4) is 5.75 Å². The first-order valence-electron chi connectivity index (χ1n) is 6.02. The van der Waals surface area contributed by atoms with Crippen molar-refractivity contribution in [1.82, 2.24) is 5.32 Å². The summed E-state index contributed by atoms with van der Waals surface area (Å²) in [6, 6.07) is 5.61. The lowest BCUT2D eigenvalue weighted by atomic mass is 9.87. The molecule has 1 saturated heterocycles. The molecule has 0 spiro atoms. The van der Waals surface area contributed by atoms with E-state index in [2.05, 4.69) is 5.32 Å². The number of benzene rings is 1. The Balaban J connectivity index is 2.21. The first-order chi connectivity index (χ1) is 8.22. The van der Waals surface area contributed by atoms with E-state index in [1.54, 1.807) is 7.11 Å². The molecule has 94 valence electrons. The SMILES string of the molecule is COc1ccc(Cl)cc1C(N)C1CCCNC1. The fourth-order valence-electron chi connectivity index (χ4n) is 2.40. The number of halogens is 1. The van der Waals surface area contributed by atoms with E-state index in [0.29, 0.717) is 10.9 Å². The van der Waals surface area contributed by atoms with Gasteiger partial charge < -0.3 is 15.8 Å². The van der Waals surface area contributed by atoms with E-state index in [1.807, 2.05) is 18.2 Å². The van der Waals surface area contributed by atoms with E-state index in [4.69, 9.17) is 22.1 Å². The minimum atomic E-state index is -0.0172. The van der Waals surface area contributed by atoms with Gasteiger partial charge >= 0.3 is 0 Å². The molecule has 0 bridgehead atoms. The number of methoxy groups -OCH3 is 1. The van der Waals surface area contributed by atoms with E-state index in [1.165, 1.54) is 6.42 Å². The monoisotopic (exact) mass is 254 g/mol. The Morgan fingerprint density at radius 1 is 1.53 bits per heavy atom. The first kappa shape index (κ1) is 12.7.